The van der Waals surface area contributed by atoms with Crippen molar-refractivity contribution >= 4 is 29.3 Å². The predicted molar refractivity (Wildman–Crippen MR) is 119 cm³/mol. The van der Waals surface area contributed by atoms with Crippen LogP contribution < -0.4 is 10.6 Å². The summed E-state index contributed by atoms with van der Waals surface area (Å²) < 4.78 is 1.85. The highest BCUT2D eigenvalue weighted by Crippen LogP contribution is 2.20. The second-order valence-electron chi connectivity index (χ2n) is 7.94. The number of nitrogens with one attached hydrogen (secondary N) is 2. The van der Waals surface area contributed by atoms with Gasteiger partial charge in [0.1, 0.15) is 6.33 Å². The molecule has 2 amide bonds. The lowest BCUT2D eigenvalue weighted by molar-refractivity contribution is -0.113. The summed E-state index contributed by atoms with van der Waals surface area (Å²) in [4.78, 5) is 24.5. The average molecular weight is 424 g/mol. The molecule has 8 heteroatoms. The summed E-state index contributed by atoms with van der Waals surface area (Å²) in [5.41, 5.74) is 2.98. The zero-order chi connectivity index (χ0) is 21.7. The first kappa shape index (κ1) is 21.6. The summed E-state index contributed by atoms with van der Waals surface area (Å²) in [5.74, 6) is -0.117. The second-order valence-corrected chi connectivity index (χ2v) is 8.88. The molecule has 0 aliphatic heterocycles. The van der Waals surface area contributed by atoms with E-state index in [9.17, 15) is 9.59 Å². The molecular formula is C22H25N5O2S. The van der Waals surface area contributed by atoms with Gasteiger partial charge in [0.25, 0.3) is 5.91 Å². The highest BCUT2D eigenvalue weighted by atomic mass is 32.2. The normalized spacial score (nSPS) is 11.2. The van der Waals surface area contributed by atoms with Gasteiger partial charge in [0.15, 0.2) is 5.16 Å². The van der Waals surface area contributed by atoms with Gasteiger partial charge in [-0.3, -0.25) is 14.2 Å². The highest BCUT2D eigenvalue weighted by molar-refractivity contribution is 7.99. The number of rotatable bonds is 6. The summed E-state index contributed by atoms with van der Waals surface area (Å²) >= 11 is 1.31. The molecule has 1 aromatic heterocycles. The Morgan fingerprint density at radius 1 is 1.03 bits per heavy atom. The largest absolute Gasteiger partial charge is 0.347 e. The lowest BCUT2D eigenvalue weighted by Gasteiger charge is -2.20. The molecule has 3 aromatic rings. The molecule has 2 aromatic carbocycles. The molecule has 0 aliphatic rings. The van der Waals surface area contributed by atoms with Gasteiger partial charge in [-0.15, -0.1) is 10.2 Å². The molecule has 0 atom stereocenters. The van der Waals surface area contributed by atoms with Crippen molar-refractivity contribution in [3.05, 3.63) is 66.0 Å². The molecule has 0 radical (unpaired) electrons. The lowest BCUT2D eigenvalue weighted by atomic mass is 10.1. The molecule has 0 bridgehead atoms. The van der Waals surface area contributed by atoms with Gasteiger partial charge in [0, 0.05) is 22.5 Å². The highest BCUT2D eigenvalue weighted by Gasteiger charge is 2.15. The number of hydrogen-bond acceptors (Lipinski definition) is 5. The van der Waals surface area contributed by atoms with E-state index in [0.29, 0.717) is 16.4 Å². The second kappa shape index (κ2) is 9.13. The van der Waals surface area contributed by atoms with Crippen LogP contribution in [0.1, 0.15) is 36.7 Å². The number of hydrogen-bond donors (Lipinski definition) is 2. The van der Waals surface area contributed by atoms with Crippen LogP contribution in [-0.2, 0) is 4.79 Å². The standard InChI is InChI=1S/C22H25N5O2S/c1-15-5-11-18(12-6-15)27-14-23-26-21(27)30-13-19(28)24-17-9-7-16(8-10-17)20(29)25-22(2,3)4/h5-12,14H,13H2,1-4H3,(H,24,28)(H,25,29). The van der Waals surface area contributed by atoms with Crippen molar-refractivity contribution in [3.63, 3.8) is 0 Å². The number of thioether (sulfide) groups is 1. The Labute approximate surface area is 180 Å². The fourth-order valence-corrected chi connectivity index (χ4v) is 3.38. The molecule has 2 N–H and O–H groups in total. The van der Waals surface area contributed by atoms with Crippen LogP contribution in [0.2, 0.25) is 0 Å². The Bertz CT molecular complexity index is 1020. The first-order chi connectivity index (χ1) is 14.2. The van der Waals surface area contributed by atoms with Gasteiger partial charge in [-0.1, -0.05) is 29.5 Å². The van der Waals surface area contributed by atoms with Crippen LogP contribution in [0.3, 0.4) is 0 Å². The molecular weight excluding hydrogens is 398 g/mol. The van der Waals surface area contributed by atoms with E-state index in [4.69, 9.17) is 0 Å². The monoisotopic (exact) mass is 423 g/mol. The summed E-state index contributed by atoms with van der Waals surface area (Å²) in [6.07, 6.45) is 1.63. The Balaban J connectivity index is 1.56. The Morgan fingerprint density at radius 2 is 1.70 bits per heavy atom. The third kappa shape index (κ3) is 5.93. The number of anilines is 1. The summed E-state index contributed by atoms with van der Waals surface area (Å²) in [6.45, 7) is 7.81. The van der Waals surface area contributed by atoms with E-state index in [2.05, 4.69) is 20.8 Å². The zero-order valence-corrected chi connectivity index (χ0v) is 18.3. The van der Waals surface area contributed by atoms with Gasteiger partial charge in [-0.05, 0) is 64.1 Å². The van der Waals surface area contributed by atoms with Crippen LogP contribution in [0.5, 0.6) is 0 Å². The van der Waals surface area contributed by atoms with Crippen LogP contribution in [0.15, 0.2) is 60.0 Å². The number of amides is 2. The molecule has 30 heavy (non-hydrogen) atoms. The SMILES string of the molecule is Cc1ccc(-n2cnnc2SCC(=O)Nc2ccc(C(=O)NC(C)(C)C)cc2)cc1. The van der Waals surface area contributed by atoms with E-state index >= 15 is 0 Å². The number of benzene rings is 2. The molecule has 156 valence electrons. The van der Waals surface area contributed by atoms with E-state index in [1.807, 2.05) is 56.5 Å². The molecule has 0 saturated carbocycles. The fraction of sp³-hybridized carbons (Fsp3) is 0.273. The maximum Gasteiger partial charge on any atom is 0.251 e. The number of carbonyl (C=O) groups is 2. The molecule has 0 unspecified atom stereocenters. The summed E-state index contributed by atoms with van der Waals surface area (Å²) in [6, 6.07) is 14.8. The van der Waals surface area contributed by atoms with Gasteiger partial charge in [0.05, 0.1) is 5.75 Å². The quantitative estimate of drug-likeness (QED) is 0.588. The number of nitrogens with zero attached hydrogens (tertiary/aromatic N) is 3. The lowest BCUT2D eigenvalue weighted by Crippen LogP contribution is -2.40. The summed E-state index contributed by atoms with van der Waals surface area (Å²) in [5, 5.41) is 14.4. The predicted octanol–water partition coefficient (Wildman–Crippen LogP) is 3.83. The molecule has 0 spiro atoms. The van der Waals surface area contributed by atoms with Crippen molar-refractivity contribution in [1.82, 2.24) is 20.1 Å². The molecule has 0 fully saturated rings. The van der Waals surface area contributed by atoms with E-state index in [1.165, 1.54) is 17.3 Å². The molecule has 7 nitrogen and oxygen atoms in total. The third-order valence-electron chi connectivity index (χ3n) is 4.08. The van der Waals surface area contributed by atoms with Crippen LogP contribution in [0, 0.1) is 6.92 Å². The maximum absolute atomic E-state index is 12.3. The van der Waals surface area contributed by atoms with Crippen molar-refractivity contribution < 1.29 is 9.59 Å². The topological polar surface area (TPSA) is 88.9 Å². The minimum Gasteiger partial charge on any atom is -0.347 e. The van der Waals surface area contributed by atoms with Crippen LogP contribution in [0.4, 0.5) is 5.69 Å². The zero-order valence-electron chi connectivity index (χ0n) is 17.5. The molecule has 0 saturated heterocycles. The van der Waals surface area contributed by atoms with E-state index in [1.54, 1.807) is 30.6 Å². The smallest absolute Gasteiger partial charge is 0.251 e. The van der Waals surface area contributed by atoms with Crippen molar-refractivity contribution in [2.24, 2.45) is 0 Å². The van der Waals surface area contributed by atoms with Crippen molar-refractivity contribution in [2.45, 2.75) is 38.4 Å². The molecule has 1 heterocycles. The Hall–Kier alpha value is -3.13. The first-order valence-electron chi connectivity index (χ1n) is 9.53. The maximum atomic E-state index is 12.3. The average Bonchev–Trinajstić information content (AvgIpc) is 3.15. The summed E-state index contributed by atoms with van der Waals surface area (Å²) in [7, 11) is 0. The van der Waals surface area contributed by atoms with Crippen LogP contribution in [0.25, 0.3) is 5.69 Å². The van der Waals surface area contributed by atoms with Crippen molar-refractivity contribution in [2.75, 3.05) is 11.1 Å². The molecule has 0 aliphatic carbocycles. The third-order valence-corrected chi connectivity index (χ3v) is 5.02. The van der Waals surface area contributed by atoms with Gasteiger partial charge >= 0.3 is 0 Å². The number of carbonyl (C=O) groups excluding carboxylic acids is 2. The van der Waals surface area contributed by atoms with E-state index < -0.39 is 0 Å². The van der Waals surface area contributed by atoms with Crippen molar-refractivity contribution in [1.29, 1.82) is 0 Å². The van der Waals surface area contributed by atoms with Crippen LogP contribution in [-0.4, -0.2) is 37.9 Å². The minimum atomic E-state index is -0.305. The number of aromatic nitrogens is 3. The Morgan fingerprint density at radius 3 is 2.33 bits per heavy atom. The Kier molecular flexibility index (Phi) is 6.56. The van der Waals surface area contributed by atoms with Gasteiger partial charge < -0.3 is 10.6 Å². The fourth-order valence-electron chi connectivity index (χ4n) is 2.65. The first-order valence-corrected chi connectivity index (χ1v) is 10.5. The van der Waals surface area contributed by atoms with Crippen LogP contribution >= 0.6 is 11.8 Å². The molecule has 3 rings (SSSR count). The van der Waals surface area contributed by atoms with E-state index in [0.717, 1.165) is 5.69 Å². The van der Waals surface area contributed by atoms with E-state index in [-0.39, 0.29) is 23.1 Å². The number of aryl methyl sites for hydroxylation is 1. The minimum absolute atomic E-state index is 0.147. The van der Waals surface area contributed by atoms with Gasteiger partial charge in [0.2, 0.25) is 5.91 Å². The van der Waals surface area contributed by atoms with Crippen molar-refractivity contribution in [3.8, 4) is 5.69 Å². The van der Waals surface area contributed by atoms with Gasteiger partial charge in [-0.2, -0.15) is 0 Å². The van der Waals surface area contributed by atoms with Gasteiger partial charge in [-0.25, -0.2) is 0 Å².